The van der Waals surface area contributed by atoms with Crippen LogP contribution in [0.15, 0.2) is 55.1 Å². The lowest BCUT2D eigenvalue weighted by Gasteiger charge is -2.22. The van der Waals surface area contributed by atoms with E-state index < -0.39 is 17.3 Å². The molecule has 0 saturated heterocycles. The minimum atomic E-state index is -1.93. The second kappa shape index (κ2) is 7.25. The number of aliphatic hydroxyl groups is 1. The number of carbonyl (C=O) groups excluding carboxylic acids is 2. The van der Waals surface area contributed by atoms with Gasteiger partial charge >= 0.3 is 0 Å². The van der Waals surface area contributed by atoms with Crippen molar-refractivity contribution in [2.24, 2.45) is 0 Å². The Morgan fingerprint density at radius 3 is 2.63 bits per heavy atom. The van der Waals surface area contributed by atoms with E-state index in [1.165, 1.54) is 19.1 Å². The Labute approximate surface area is 157 Å². The number of amides is 1. The van der Waals surface area contributed by atoms with Gasteiger partial charge in [-0.3, -0.25) is 9.59 Å². The molecule has 0 aromatic heterocycles. The molecule has 0 radical (unpaired) electrons. The molecule has 2 aromatic rings. The van der Waals surface area contributed by atoms with Crippen molar-refractivity contribution < 1.29 is 24.2 Å². The number of Topliss-reactive ketones (excluding diaryl/α,β-unsaturated/α-hetero) is 1. The van der Waals surface area contributed by atoms with E-state index in [-0.39, 0.29) is 18.5 Å². The molecule has 1 heterocycles. The zero-order valence-corrected chi connectivity index (χ0v) is 15.3. The third kappa shape index (κ3) is 3.08. The molecule has 0 unspecified atom stereocenters. The van der Waals surface area contributed by atoms with E-state index in [1.807, 2.05) is 0 Å². The second-order valence-corrected chi connectivity index (χ2v) is 6.25. The van der Waals surface area contributed by atoms with Crippen molar-refractivity contribution >= 4 is 17.4 Å². The number of ketones is 1. The Kier molecular flexibility index (Phi) is 5.01. The van der Waals surface area contributed by atoms with Gasteiger partial charge in [0.25, 0.3) is 5.91 Å². The summed E-state index contributed by atoms with van der Waals surface area (Å²) in [5.74, 6) is -0.0729. The first-order chi connectivity index (χ1) is 13.0. The van der Waals surface area contributed by atoms with Crippen LogP contribution in [-0.2, 0) is 10.4 Å². The van der Waals surface area contributed by atoms with Crippen molar-refractivity contribution in [1.82, 2.24) is 0 Å². The molecule has 0 fully saturated rings. The topological polar surface area (TPSA) is 76.1 Å². The molecular formula is C21H21NO5. The Bertz CT molecular complexity index is 907. The van der Waals surface area contributed by atoms with Crippen LogP contribution in [0.5, 0.6) is 11.5 Å². The number of benzene rings is 2. The lowest BCUT2D eigenvalue weighted by atomic mass is 9.88. The van der Waals surface area contributed by atoms with Crippen LogP contribution < -0.4 is 14.4 Å². The van der Waals surface area contributed by atoms with E-state index in [2.05, 4.69) is 6.58 Å². The maximum absolute atomic E-state index is 12.9. The fraction of sp³-hybridized carbons (Fsp3) is 0.238. The zero-order valence-electron chi connectivity index (χ0n) is 15.3. The molecule has 2 aromatic carbocycles. The van der Waals surface area contributed by atoms with Gasteiger partial charge in [0.15, 0.2) is 11.4 Å². The molecule has 0 saturated carbocycles. The molecule has 3 rings (SSSR count). The van der Waals surface area contributed by atoms with Crippen LogP contribution in [0.2, 0.25) is 0 Å². The predicted octanol–water partition coefficient (Wildman–Crippen LogP) is 2.70. The van der Waals surface area contributed by atoms with Crippen molar-refractivity contribution in [2.45, 2.75) is 12.0 Å². The van der Waals surface area contributed by atoms with Crippen LogP contribution in [0.25, 0.3) is 0 Å². The normalized spacial score (nSPS) is 18.2. The van der Waals surface area contributed by atoms with Gasteiger partial charge in [-0.1, -0.05) is 24.3 Å². The predicted molar refractivity (Wildman–Crippen MR) is 101 cm³/mol. The number of hydrogen-bond donors (Lipinski definition) is 1. The van der Waals surface area contributed by atoms with Gasteiger partial charge in [0.05, 0.1) is 31.9 Å². The molecule has 1 aliphatic heterocycles. The maximum atomic E-state index is 12.9. The number of nitrogens with zero attached hydrogens (tertiary/aromatic N) is 1. The largest absolute Gasteiger partial charge is 0.497 e. The van der Waals surface area contributed by atoms with E-state index in [0.29, 0.717) is 22.7 Å². The van der Waals surface area contributed by atoms with Crippen LogP contribution in [0, 0.1) is 0 Å². The summed E-state index contributed by atoms with van der Waals surface area (Å²) >= 11 is 0. The van der Waals surface area contributed by atoms with Gasteiger partial charge in [-0.2, -0.15) is 0 Å². The number of anilines is 1. The molecule has 1 atom stereocenters. The first kappa shape index (κ1) is 18.7. The lowest BCUT2D eigenvalue weighted by Crippen LogP contribution is -2.42. The summed E-state index contributed by atoms with van der Waals surface area (Å²) in [4.78, 5) is 27.3. The minimum absolute atomic E-state index is 0.248. The highest BCUT2D eigenvalue weighted by Crippen LogP contribution is 2.43. The van der Waals surface area contributed by atoms with Gasteiger partial charge < -0.3 is 19.5 Å². The van der Waals surface area contributed by atoms with Crippen LogP contribution in [0.4, 0.5) is 5.69 Å². The monoisotopic (exact) mass is 367 g/mol. The fourth-order valence-corrected chi connectivity index (χ4v) is 3.34. The average Bonchev–Trinajstić information content (AvgIpc) is 2.89. The van der Waals surface area contributed by atoms with Crippen LogP contribution in [0.1, 0.15) is 22.3 Å². The molecule has 0 bridgehead atoms. The summed E-state index contributed by atoms with van der Waals surface area (Å²) in [7, 11) is 2.96. The van der Waals surface area contributed by atoms with E-state index in [0.717, 1.165) is 0 Å². The van der Waals surface area contributed by atoms with E-state index >= 15 is 0 Å². The highest BCUT2D eigenvalue weighted by molar-refractivity contribution is 6.11. The molecule has 1 N–H and O–H groups in total. The smallest absolute Gasteiger partial charge is 0.264 e. The number of para-hydroxylation sites is 1. The van der Waals surface area contributed by atoms with E-state index in [1.54, 1.807) is 48.5 Å². The molecule has 1 amide bonds. The van der Waals surface area contributed by atoms with Crippen LogP contribution in [0.3, 0.4) is 0 Å². The number of fused-ring (bicyclic) bond motifs is 1. The van der Waals surface area contributed by atoms with Gasteiger partial charge in [-0.25, -0.2) is 0 Å². The van der Waals surface area contributed by atoms with Crippen LogP contribution in [-0.4, -0.2) is 37.6 Å². The van der Waals surface area contributed by atoms with Gasteiger partial charge in [-0.05, 0) is 18.2 Å². The van der Waals surface area contributed by atoms with Gasteiger partial charge in [0.1, 0.15) is 11.5 Å². The Morgan fingerprint density at radius 2 is 1.96 bits per heavy atom. The molecule has 6 heteroatoms. The van der Waals surface area contributed by atoms with Crippen LogP contribution >= 0.6 is 0 Å². The third-order valence-electron chi connectivity index (χ3n) is 4.68. The van der Waals surface area contributed by atoms with Crippen molar-refractivity contribution in [1.29, 1.82) is 0 Å². The maximum Gasteiger partial charge on any atom is 0.264 e. The number of ether oxygens (including phenoxy) is 2. The summed E-state index contributed by atoms with van der Waals surface area (Å²) in [6.45, 7) is 3.90. The lowest BCUT2D eigenvalue weighted by molar-refractivity contribution is -0.135. The first-order valence-corrected chi connectivity index (χ1v) is 8.46. The number of rotatable bonds is 7. The Morgan fingerprint density at radius 1 is 1.22 bits per heavy atom. The summed E-state index contributed by atoms with van der Waals surface area (Å²) in [5.41, 5.74) is -0.655. The quantitative estimate of drug-likeness (QED) is 0.601. The van der Waals surface area contributed by atoms with Crippen molar-refractivity contribution in [3.05, 3.63) is 66.2 Å². The van der Waals surface area contributed by atoms with Gasteiger partial charge in [0, 0.05) is 18.2 Å². The minimum Gasteiger partial charge on any atom is -0.497 e. The fourth-order valence-electron chi connectivity index (χ4n) is 3.34. The van der Waals surface area contributed by atoms with Crippen molar-refractivity contribution in [3.8, 4) is 11.5 Å². The summed E-state index contributed by atoms with van der Waals surface area (Å²) in [6.07, 6.45) is 1.19. The highest BCUT2D eigenvalue weighted by atomic mass is 16.5. The third-order valence-corrected chi connectivity index (χ3v) is 4.68. The SMILES string of the molecule is C=CCN1C(=O)[C@@](O)(CC(=O)c2ccc(OC)cc2OC)c2ccccc21. The standard InChI is InChI=1S/C21H21NO5/c1-4-11-22-17-8-6-5-7-16(17)21(25,20(22)24)13-18(23)15-10-9-14(26-2)12-19(15)27-3/h4-10,12,25H,1,11,13H2,2-3H3/t21-/m1/s1. The first-order valence-electron chi connectivity index (χ1n) is 8.46. The zero-order chi connectivity index (χ0) is 19.6. The summed E-state index contributed by atoms with van der Waals surface area (Å²) < 4.78 is 10.4. The van der Waals surface area contributed by atoms with Crippen molar-refractivity contribution in [3.63, 3.8) is 0 Å². The van der Waals surface area contributed by atoms with E-state index in [4.69, 9.17) is 9.47 Å². The number of carbonyl (C=O) groups is 2. The molecule has 6 nitrogen and oxygen atoms in total. The van der Waals surface area contributed by atoms with Gasteiger partial charge in [-0.15, -0.1) is 6.58 Å². The second-order valence-electron chi connectivity index (χ2n) is 6.25. The number of hydrogen-bond acceptors (Lipinski definition) is 5. The van der Waals surface area contributed by atoms with Crippen molar-refractivity contribution in [2.75, 3.05) is 25.7 Å². The Hall–Kier alpha value is -3.12. The molecule has 0 aliphatic carbocycles. The van der Waals surface area contributed by atoms with Gasteiger partial charge in [0.2, 0.25) is 0 Å². The highest BCUT2D eigenvalue weighted by Gasteiger charge is 2.50. The molecular weight excluding hydrogens is 346 g/mol. The van der Waals surface area contributed by atoms with E-state index in [9.17, 15) is 14.7 Å². The molecule has 0 spiro atoms. The number of methoxy groups -OCH3 is 2. The average molecular weight is 367 g/mol. The molecule has 1 aliphatic rings. The molecule has 140 valence electrons. The molecule has 27 heavy (non-hydrogen) atoms. The summed E-state index contributed by atoms with van der Waals surface area (Å²) in [5, 5.41) is 11.2. The summed E-state index contributed by atoms with van der Waals surface area (Å²) in [6, 6.07) is 11.7. The Balaban J connectivity index is 1.98.